The largest absolute Gasteiger partial charge is 0.488 e. The summed E-state index contributed by atoms with van der Waals surface area (Å²) in [6.45, 7) is 0.389. The Morgan fingerprint density at radius 1 is 1.06 bits per heavy atom. The fourth-order valence-corrected chi connectivity index (χ4v) is 5.09. The van der Waals surface area contributed by atoms with Crippen LogP contribution in [0.5, 0.6) is 5.75 Å². The van der Waals surface area contributed by atoms with E-state index in [2.05, 4.69) is 28.7 Å². The Labute approximate surface area is 224 Å². The van der Waals surface area contributed by atoms with Gasteiger partial charge in [-0.15, -0.1) is 0 Å². The molecule has 0 N–H and O–H groups in total. The summed E-state index contributed by atoms with van der Waals surface area (Å²) >= 11 is 15.1. The van der Waals surface area contributed by atoms with Crippen molar-refractivity contribution in [1.82, 2.24) is 4.90 Å². The summed E-state index contributed by atoms with van der Waals surface area (Å²) in [6, 6.07) is 19.9. The minimum absolute atomic E-state index is 0.0603. The standard InChI is InChI=1S/C25H15Cl2IN2O3S/c26-19-7-5-16(9-20(19)27)14-33-22-8-6-15(10-21(22)28)11-23-24(31)30(25(32)34-23)13-18-4-2-1-3-17(18)12-29/h1-11H,13-14H2/b23-11+. The number of hydrogen-bond acceptors (Lipinski definition) is 5. The van der Waals surface area contributed by atoms with Crippen LogP contribution in [0.2, 0.25) is 10.0 Å². The molecule has 0 aromatic heterocycles. The zero-order chi connectivity index (χ0) is 24.2. The maximum absolute atomic E-state index is 12.9. The Kier molecular flexibility index (Phi) is 7.84. The van der Waals surface area contributed by atoms with E-state index in [1.807, 2.05) is 24.3 Å². The van der Waals surface area contributed by atoms with Crippen LogP contribution in [0.4, 0.5) is 4.79 Å². The van der Waals surface area contributed by atoms with Crippen LogP contribution < -0.4 is 4.74 Å². The van der Waals surface area contributed by atoms with Gasteiger partial charge in [-0.25, -0.2) is 0 Å². The average Bonchev–Trinajstić information content (AvgIpc) is 3.08. The average molecular weight is 621 g/mol. The lowest BCUT2D eigenvalue weighted by atomic mass is 10.1. The molecule has 3 aromatic carbocycles. The first kappa shape index (κ1) is 24.6. The van der Waals surface area contributed by atoms with Crippen molar-refractivity contribution in [3.8, 4) is 11.8 Å². The minimum atomic E-state index is -0.377. The highest BCUT2D eigenvalue weighted by molar-refractivity contribution is 14.1. The van der Waals surface area contributed by atoms with Crippen LogP contribution in [0.1, 0.15) is 22.3 Å². The Morgan fingerprint density at radius 2 is 1.85 bits per heavy atom. The van der Waals surface area contributed by atoms with E-state index in [-0.39, 0.29) is 17.7 Å². The Balaban J connectivity index is 1.46. The van der Waals surface area contributed by atoms with Gasteiger partial charge in [0.1, 0.15) is 12.4 Å². The molecule has 5 nitrogen and oxygen atoms in total. The predicted octanol–water partition coefficient (Wildman–Crippen LogP) is 7.29. The molecule has 3 aromatic rings. The third-order valence-electron chi connectivity index (χ3n) is 4.97. The molecule has 2 amide bonds. The number of amides is 2. The molecule has 1 fully saturated rings. The molecular formula is C25H15Cl2IN2O3S. The minimum Gasteiger partial charge on any atom is -0.488 e. The number of ether oxygens (including phenoxy) is 1. The lowest BCUT2D eigenvalue weighted by Gasteiger charge is -2.13. The molecule has 170 valence electrons. The van der Waals surface area contributed by atoms with E-state index in [1.54, 1.807) is 42.5 Å². The highest BCUT2D eigenvalue weighted by atomic mass is 127. The summed E-state index contributed by atoms with van der Waals surface area (Å²) < 4.78 is 6.75. The van der Waals surface area contributed by atoms with Crippen molar-refractivity contribution >= 4 is 74.8 Å². The maximum Gasteiger partial charge on any atom is 0.293 e. The second-order valence-corrected chi connectivity index (χ2v) is 10.2. The normalized spacial score (nSPS) is 14.5. The zero-order valence-electron chi connectivity index (χ0n) is 17.4. The van der Waals surface area contributed by atoms with Gasteiger partial charge in [-0.1, -0.05) is 53.5 Å². The summed E-state index contributed by atoms with van der Waals surface area (Å²) in [5.74, 6) is 0.308. The Morgan fingerprint density at radius 3 is 2.59 bits per heavy atom. The van der Waals surface area contributed by atoms with Crippen molar-refractivity contribution in [2.45, 2.75) is 13.2 Å². The number of nitrogens with zero attached hydrogens (tertiary/aromatic N) is 2. The Bertz CT molecular complexity index is 1370. The van der Waals surface area contributed by atoms with Gasteiger partial charge in [-0.05, 0) is 87.5 Å². The smallest absolute Gasteiger partial charge is 0.293 e. The van der Waals surface area contributed by atoms with E-state index in [0.717, 1.165) is 31.4 Å². The lowest BCUT2D eigenvalue weighted by molar-refractivity contribution is -0.123. The summed E-state index contributed by atoms with van der Waals surface area (Å²) in [5.41, 5.74) is 2.73. The first-order valence-electron chi connectivity index (χ1n) is 9.95. The molecule has 1 aliphatic heterocycles. The molecule has 0 unspecified atom stereocenters. The maximum atomic E-state index is 12.9. The van der Waals surface area contributed by atoms with Crippen molar-refractivity contribution in [3.63, 3.8) is 0 Å². The van der Waals surface area contributed by atoms with Gasteiger partial charge < -0.3 is 4.74 Å². The number of nitriles is 1. The third kappa shape index (κ3) is 5.58. The molecule has 0 bridgehead atoms. The van der Waals surface area contributed by atoms with Gasteiger partial charge >= 0.3 is 0 Å². The summed E-state index contributed by atoms with van der Waals surface area (Å²) in [5, 5.41) is 9.87. The van der Waals surface area contributed by atoms with Gasteiger partial charge in [0.25, 0.3) is 11.1 Å². The van der Waals surface area contributed by atoms with Crippen LogP contribution in [0.15, 0.2) is 65.6 Å². The number of carbonyl (C=O) groups excluding carboxylic acids is 2. The fraction of sp³-hybridized carbons (Fsp3) is 0.0800. The second kappa shape index (κ2) is 10.8. The van der Waals surface area contributed by atoms with Crippen LogP contribution >= 0.6 is 57.6 Å². The molecule has 0 spiro atoms. The van der Waals surface area contributed by atoms with E-state index >= 15 is 0 Å². The Hall–Kier alpha value is -2.51. The molecule has 0 radical (unpaired) electrons. The number of carbonyl (C=O) groups is 2. The van der Waals surface area contributed by atoms with E-state index < -0.39 is 0 Å². The van der Waals surface area contributed by atoms with Crippen molar-refractivity contribution in [3.05, 3.63) is 101 Å². The zero-order valence-corrected chi connectivity index (χ0v) is 21.9. The SMILES string of the molecule is N#Cc1ccccc1CN1C(=O)S/C(=C/c2ccc(OCc3ccc(Cl)c(Cl)c3)c(I)c2)C1=O. The van der Waals surface area contributed by atoms with Gasteiger partial charge in [0, 0.05) is 0 Å². The van der Waals surface area contributed by atoms with E-state index in [4.69, 9.17) is 27.9 Å². The van der Waals surface area contributed by atoms with Gasteiger partial charge in [0.15, 0.2) is 0 Å². The highest BCUT2D eigenvalue weighted by Crippen LogP contribution is 2.34. The number of imide groups is 1. The molecule has 34 heavy (non-hydrogen) atoms. The van der Waals surface area contributed by atoms with Crippen LogP contribution in [-0.2, 0) is 17.9 Å². The number of benzene rings is 3. The molecule has 9 heteroatoms. The number of halogens is 3. The van der Waals surface area contributed by atoms with E-state index in [1.165, 1.54) is 0 Å². The van der Waals surface area contributed by atoms with Gasteiger partial charge in [-0.2, -0.15) is 5.26 Å². The first-order valence-corrected chi connectivity index (χ1v) is 12.6. The van der Waals surface area contributed by atoms with Gasteiger partial charge in [0.2, 0.25) is 0 Å². The van der Waals surface area contributed by atoms with Gasteiger partial charge in [-0.3, -0.25) is 14.5 Å². The molecule has 0 aliphatic carbocycles. The summed E-state index contributed by atoms with van der Waals surface area (Å²) in [4.78, 5) is 26.8. The van der Waals surface area contributed by atoms with E-state index in [9.17, 15) is 14.9 Å². The van der Waals surface area contributed by atoms with Crippen molar-refractivity contribution < 1.29 is 14.3 Å². The summed E-state index contributed by atoms with van der Waals surface area (Å²) in [7, 11) is 0. The lowest BCUT2D eigenvalue weighted by Crippen LogP contribution is -2.27. The number of rotatable bonds is 6. The van der Waals surface area contributed by atoms with Crippen LogP contribution in [0.25, 0.3) is 6.08 Å². The molecule has 1 aliphatic rings. The molecular weight excluding hydrogens is 606 g/mol. The monoisotopic (exact) mass is 620 g/mol. The van der Waals surface area contributed by atoms with E-state index in [0.29, 0.717) is 38.4 Å². The van der Waals surface area contributed by atoms with Crippen LogP contribution in [0.3, 0.4) is 0 Å². The molecule has 1 heterocycles. The number of thioether (sulfide) groups is 1. The van der Waals surface area contributed by atoms with Crippen LogP contribution in [0, 0.1) is 14.9 Å². The molecule has 0 atom stereocenters. The second-order valence-electron chi connectivity index (χ2n) is 7.26. The predicted molar refractivity (Wildman–Crippen MR) is 143 cm³/mol. The highest BCUT2D eigenvalue weighted by Gasteiger charge is 2.35. The molecule has 4 rings (SSSR count). The fourth-order valence-electron chi connectivity index (χ4n) is 3.24. The van der Waals surface area contributed by atoms with Crippen molar-refractivity contribution in [2.24, 2.45) is 0 Å². The van der Waals surface area contributed by atoms with Crippen LogP contribution in [-0.4, -0.2) is 16.0 Å². The van der Waals surface area contributed by atoms with Crippen molar-refractivity contribution in [1.29, 1.82) is 5.26 Å². The molecule has 0 saturated carbocycles. The van der Waals surface area contributed by atoms with Crippen molar-refractivity contribution in [2.75, 3.05) is 0 Å². The number of hydrogen-bond donors (Lipinski definition) is 0. The van der Waals surface area contributed by atoms with Gasteiger partial charge in [0.05, 0.1) is 36.7 Å². The first-order chi connectivity index (χ1) is 16.4. The third-order valence-corrected chi connectivity index (χ3v) is 7.46. The summed E-state index contributed by atoms with van der Waals surface area (Å²) in [6.07, 6.45) is 1.69. The topological polar surface area (TPSA) is 70.4 Å². The quantitative estimate of drug-likeness (QED) is 0.214. The molecule has 1 saturated heterocycles.